The minimum absolute atomic E-state index is 0.118. The highest BCUT2D eigenvalue weighted by Gasteiger charge is 2.39. The zero-order chi connectivity index (χ0) is 14.8. The molecule has 0 atom stereocenters. The van der Waals surface area contributed by atoms with E-state index in [1.165, 1.54) is 12.1 Å². The van der Waals surface area contributed by atoms with Gasteiger partial charge in [0.2, 0.25) is 0 Å². The molecule has 0 saturated heterocycles. The van der Waals surface area contributed by atoms with E-state index in [2.05, 4.69) is 4.74 Å². The molecule has 10 heteroatoms. The minimum Gasteiger partial charge on any atom is -0.743 e. The SMILES string of the molecule is [B]c1ccc(Cl)c(C(=O)OCC(F)(F)S(=O)(=O)[O-])c1. The third kappa shape index (κ3) is 3.89. The summed E-state index contributed by atoms with van der Waals surface area (Å²) in [6.45, 7) is -1.90. The van der Waals surface area contributed by atoms with Crippen molar-refractivity contribution in [3.63, 3.8) is 0 Å². The van der Waals surface area contributed by atoms with Gasteiger partial charge in [0, 0.05) is 0 Å². The number of benzene rings is 1. The number of rotatable bonds is 4. The second kappa shape index (κ2) is 5.44. The Morgan fingerprint density at radius 2 is 2.05 bits per heavy atom. The first-order valence-electron chi connectivity index (χ1n) is 4.60. The van der Waals surface area contributed by atoms with Gasteiger partial charge in [-0.15, -0.1) is 0 Å². The number of hydrogen-bond acceptors (Lipinski definition) is 5. The van der Waals surface area contributed by atoms with Gasteiger partial charge in [-0.2, -0.15) is 8.78 Å². The Hall–Kier alpha value is -1.19. The Balaban J connectivity index is 2.85. The number of hydrogen-bond donors (Lipinski definition) is 0. The highest BCUT2D eigenvalue weighted by atomic mass is 35.5. The van der Waals surface area contributed by atoms with Gasteiger partial charge in [0.15, 0.2) is 16.7 Å². The van der Waals surface area contributed by atoms with Crippen LogP contribution in [-0.2, 0) is 14.9 Å². The monoisotopic (exact) mass is 309 g/mol. The normalized spacial score (nSPS) is 12.2. The summed E-state index contributed by atoms with van der Waals surface area (Å²) >= 11 is 5.61. The predicted molar refractivity (Wildman–Crippen MR) is 61.8 cm³/mol. The van der Waals surface area contributed by atoms with Gasteiger partial charge >= 0.3 is 11.2 Å². The van der Waals surface area contributed by atoms with Crippen molar-refractivity contribution in [3.8, 4) is 0 Å². The van der Waals surface area contributed by atoms with Crippen LogP contribution < -0.4 is 5.46 Å². The predicted octanol–water partition coefficient (Wildman–Crippen LogP) is 0.429. The van der Waals surface area contributed by atoms with E-state index in [9.17, 15) is 26.5 Å². The van der Waals surface area contributed by atoms with Gasteiger partial charge in [-0.25, -0.2) is 13.2 Å². The minimum atomic E-state index is -5.92. The average Bonchev–Trinajstić information content (AvgIpc) is 2.28. The topological polar surface area (TPSA) is 83.5 Å². The second-order valence-electron chi connectivity index (χ2n) is 3.41. The molecule has 0 fully saturated rings. The zero-order valence-corrected chi connectivity index (χ0v) is 10.7. The molecule has 1 aromatic rings. The van der Waals surface area contributed by atoms with Crippen LogP contribution in [0.3, 0.4) is 0 Å². The highest BCUT2D eigenvalue weighted by Crippen LogP contribution is 2.22. The lowest BCUT2D eigenvalue weighted by molar-refractivity contribution is -0.00995. The fourth-order valence-corrected chi connectivity index (χ4v) is 1.40. The largest absolute Gasteiger partial charge is 0.743 e. The van der Waals surface area contributed by atoms with E-state index in [1.54, 1.807) is 0 Å². The Morgan fingerprint density at radius 3 is 2.58 bits per heavy atom. The molecule has 0 N–H and O–H groups in total. The van der Waals surface area contributed by atoms with E-state index in [1.807, 2.05) is 0 Å². The maximum atomic E-state index is 12.8. The van der Waals surface area contributed by atoms with Gasteiger partial charge in [-0.3, -0.25) is 0 Å². The number of halogens is 3. The van der Waals surface area contributed by atoms with Crippen molar-refractivity contribution in [3.05, 3.63) is 28.8 Å². The molecular formula is C9H5BClF2O5S-. The van der Waals surface area contributed by atoms with Crippen LogP contribution in [0.4, 0.5) is 8.78 Å². The molecule has 0 heterocycles. The summed E-state index contributed by atoms with van der Waals surface area (Å²) in [6.07, 6.45) is 0. The fourth-order valence-electron chi connectivity index (χ4n) is 0.999. The molecule has 1 rings (SSSR count). The Bertz CT molecular complexity index is 605. The van der Waals surface area contributed by atoms with Gasteiger partial charge < -0.3 is 9.29 Å². The van der Waals surface area contributed by atoms with Crippen molar-refractivity contribution in [2.75, 3.05) is 6.61 Å². The molecule has 0 unspecified atom stereocenters. The summed E-state index contributed by atoms with van der Waals surface area (Å²) in [7, 11) is -0.561. The van der Waals surface area contributed by atoms with Crippen LogP contribution in [0.5, 0.6) is 0 Å². The Kier molecular flexibility index (Phi) is 4.54. The lowest BCUT2D eigenvalue weighted by atomic mass is 9.94. The molecular weight excluding hydrogens is 304 g/mol. The van der Waals surface area contributed by atoms with Gasteiger partial charge in [0.1, 0.15) is 7.85 Å². The van der Waals surface area contributed by atoms with Crippen LogP contribution in [0.25, 0.3) is 0 Å². The first-order chi connectivity index (χ1) is 8.54. The van der Waals surface area contributed by atoms with Crippen molar-refractivity contribution in [1.82, 2.24) is 0 Å². The van der Waals surface area contributed by atoms with E-state index in [0.29, 0.717) is 0 Å². The lowest BCUT2D eigenvalue weighted by Gasteiger charge is -2.19. The second-order valence-corrected chi connectivity index (χ2v) is 5.32. The number of ether oxygens (including phenoxy) is 1. The summed E-state index contributed by atoms with van der Waals surface area (Å²) in [4.78, 5) is 11.4. The molecule has 5 nitrogen and oxygen atoms in total. The third-order valence-electron chi connectivity index (χ3n) is 1.95. The van der Waals surface area contributed by atoms with Crippen molar-refractivity contribution < 1.29 is 31.3 Å². The molecule has 19 heavy (non-hydrogen) atoms. The van der Waals surface area contributed by atoms with Crippen LogP contribution in [0.1, 0.15) is 10.4 Å². The van der Waals surface area contributed by atoms with E-state index < -0.39 is 27.9 Å². The molecule has 1 aromatic carbocycles. The molecule has 0 amide bonds. The molecule has 102 valence electrons. The summed E-state index contributed by atoms with van der Waals surface area (Å²) in [5.41, 5.74) is -0.194. The van der Waals surface area contributed by atoms with Gasteiger partial charge in [-0.1, -0.05) is 29.2 Å². The molecule has 0 aliphatic heterocycles. The average molecular weight is 309 g/mol. The van der Waals surface area contributed by atoms with E-state index >= 15 is 0 Å². The summed E-state index contributed by atoms with van der Waals surface area (Å²) < 4.78 is 60.1. The van der Waals surface area contributed by atoms with Gasteiger partial charge in [0.25, 0.3) is 0 Å². The number of carbonyl (C=O) groups is 1. The van der Waals surface area contributed by atoms with E-state index in [0.717, 1.165) is 6.07 Å². The van der Waals surface area contributed by atoms with Crippen molar-refractivity contribution in [1.29, 1.82) is 0 Å². The molecule has 0 spiro atoms. The Morgan fingerprint density at radius 1 is 1.47 bits per heavy atom. The summed E-state index contributed by atoms with van der Waals surface area (Å²) in [5.74, 6) is -1.32. The highest BCUT2D eigenvalue weighted by molar-refractivity contribution is 7.86. The van der Waals surface area contributed by atoms with Crippen molar-refractivity contribution >= 4 is 41.0 Å². The standard InChI is InChI=1S/C9H6BClF2O5S/c10-5-1-2-7(11)6(3-5)8(14)18-4-9(12,13)19(15,16)17/h1-3H,4H2,(H,15,16,17)/p-1. The quantitative estimate of drug-likeness (QED) is 0.457. The van der Waals surface area contributed by atoms with Gasteiger partial charge in [-0.05, 0) is 6.07 Å². The molecule has 0 saturated carbocycles. The van der Waals surface area contributed by atoms with E-state index in [4.69, 9.17) is 19.4 Å². The maximum Gasteiger partial charge on any atom is 0.367 e. The van der Waals surface area contributed by atoms with Crippen molar-refractivity contribution in [2.45, 2.75) is 5.25 Å². The third-order valence-corrected chi connectivity index (χ3v) is 3.13. The number of esters is 1. The van der Waals surface area contributed by atoms with Crippen LogP contribution in [0, 0.1) is 0 Å². The number of carbonyl (C=O) groups excluding carboxylic acids is 1. The number of alkyl halides is 2. The molecule has 0 aliphatic rings. The van der Waals surface area contributed by atoms with Crippen LogP contribution in [0.2, 0.25) is 5.02 Å². The molecule has 0 aliphatic carbocycles. The van der Waals surface area contributed by atoms with Crippen LogP contribution in [0.15, 0.2) is 18.2 Å². The first kappa shape index (κ1) is 15.9. The molecule has 0 aromatic heterocycles. The molecule has 2 radical (unpaired) electrons. The van der Waals surface area contributed by atoms with Crippen LogP contribution in [-0.4, -0.2) is 38.6 Å². The Labute approximate surface area is 113 Å². The fraction of sp³-hybridized carbons (Fsp3) is 0.222. The molecule has 0 bridgehead atoms. The van der Waals surface area contributed by atoms with Crippen LogP contribution >= 0.6 is 11.6 Å². The smallest absolute Gasteiger partial charge is 0.367 e. The lowest BCUT2D eigenvalue weighted by Crippen LogP contribution is -2.34. The summed E-state index contributed by atoms with van der Waals surface area (Å²) in [6, 6.07) is 3.65. The maximum absolute atomic E-state index is 12.8. The van der Waals surface area contributed by atoms with Gasteiger partial charge in [0.05, 0.1) is 10.6 Å². The summed E-state index contributed by atoms with van der Waals surface area (Å²) in [5, 5.41) is -4.83. The van der Waals surface area contributed by atoms with E-state index in [-0.39, 0.29) is 16.0 Å². The zero-order valence-electron chi connectivity index (χ0n) is 9.10. The first-order valence-corrected chi connectivity index (χ1v) is 6.38. The van der Waals surface area contributed by atoms with Crippen molar-refractivity contribution in [2.24, 2.45) is 0 Å².